The van der Waals surface area contributed by atoms with Crippen molar-refractivity contribution in [2.24, 2.45) is 11.8 Å². The van der Waals surface area contributed by atoms with Crippen LogP contribution in [-0.2, 0) is 23.4 Å². The molecule has 0 unspecified atom stereocenters. The summed E-state index contributed by atoms with van der Waals surface area (Å²) in [6.07, 6.45) is 5.23. The highest BCUT2D eigenvalue weighted by Gasteiger charge is 2.59. The highest BCUT2D eigenvalue weighted by molar-refractivity contribution is 6.77. The van der Waals surface area contributed by atoms with E-state index in [1.54, 1.807) is 13.8 Å². The molecule has 34 heavy (non-hydrogen) atoms. The molecule has 2 aliphatic rings. The lowest BCUT2D eigenvalue weighted by Gasteiger charge is -2.56. The van der Waals surface area contributed by atoms with Crippen LogP contribution in [0.25, 0.3) is 0 Å². The topological polar surface area (TPSA) is 74.2 Å². The number of aliphatic hydroxyl groups is 1. The molecule has 0 spiro atoms. The number of esters is 1. The number of carbonyl (C=O) groups is 1. The van der Waals surface area contributed by atoms with Crippen molar-refractivity contribution in [2.45, 2.75) is 116 Å². The molecule has 196 valence electrons. The molecule has 6 atom stereocenters. The largest absolute Gasteiger partial charge is 0.463 e. The van der Waals surface area contributed by atoms with E-state index >= 15 is 0 Å². The van der Waals surface area contributed by atoms with Crippen LogP contribution in [0.15, 0.2) is 23.8 Å². The van der Waals surface area contributed by atoms with Crippen LogP contribution >= 0.6 is 0 Å². The predicted octanol–water partition coefficient (Wildman–Crippen LogP) is 5.76. The van der Waals surface area contributed by atoms with Gasteiger partial charge in [-0.15, -0.1) is 0 Å². The van der Waals surface area contributed by atoms with Crippen molar-refractivity contribution < 1.29 is 28.5 Å². The first-order valence-electron chi connectivity index (χ1n) is 12.9. The van der Waals surface area contributed by atoms with Crippen molar-refractivity contribution in [1.82, 2.24) is 0 Å². The van der Waals surface area contributed by atoms with Gasteiger partial charge >= 0.3 is 5.97 Å². The van der Waals surface area contributed by atoms with E-state index in [9.17, 15) is 9.90 Å². The van der Waals surface area contributed by atoms with Crippen LogP contribution in [0.4, 0.5) is 0 Å². The molecule has 6 nitrogen and oxygen atoms in total. The molecule has 1 N–H and O–H groups in total. The molecule has 0 radical (unpaired) electrons. The maximum atomic E-state index is 12.1. The van der Waals surface area contributed by atoms with E-state index in [1.807, 2.05) is 32.1 Å². The Labute approximate surface area is 208 Å². The predicted molar refractivity (Wildman–Crippen MR) is 138 cm³/mol. The first kappa shape index (κ1) is 29.2. The highest BCUT2D eigenvalue weighted by Crippen LogP contribution is 2.47. The molecule has 0 aromatic rings. The third kappa shape index (κ3) is 5.38. The van der Waals surface area contributed by atoms with Gasteiger partial charge in [-0.3, -0.25) is 0 Å². The standard InChI is InChI=1S/C27H48O6Si/c1-12-30-25(28)21(9)15-20(8)24-22(10)23-13-14-27(29,26(11,32-23)33-24)16-31-34(17(2)3,18(4)5)19(6)7/h13-15,17-20,22-24,29H,12,16H2,1-11H3/b21-15+/t20-,22+,23-,24-,26-,27-/m1/s1. The molecular formula is C27H48O6Si. The molecule has 0 aromatic heterocycles. The van der Waals surface area contributed by atoms with Gasteiger partial charge in [0.1, 0.15) is 0 Å². The molecule has 0 aromatic carbocycles. The highest BCUT2D eigenvalue weighted by atomic mass is 28.4. The van der Waals surface area contributed by atoms with Crippen LogP contribution in [0, 0.1) is 11.8 Å². The van der Waals surface area contributed by atoms with E-state index in [2.05, 4.69) is 48.5 Å². The fraction of sp³-hybridized carbons (Fsp3) is 0.815. The van der Waals surface area contributed by atoms with Gasteiger partial charge in [0.2, 0.25) is 5.79 Å². The van der Waals surface area contributed by atoms with Gasteiger partial charge in [-0.05, 0) is 43.5 Å². The van der Waals surface area contributed by atoms with Crippen LogP contribution in [0.5, 0.6) is 0 Å². The first-order valence-corrected chi connectivity index (χ1v) is 15.1. The lowest BCUT2D eigenvalue weighted by Crippen LogP contribution is -2.68. The SMILES string of the molecule is CCOC(=O)/C(C)=C/[C@@H](C)[C@H]1O[C@@]2(C)O[C@H](C=C[C@@]2(O)CO[Si](C(C)C)(C(C)C)C(C)C)[C@@H]1C. The fourth-order valence-electron chi connectivity index (χ4n) is 6.08. The monoisotopic (exact) mass is 496 g/mol. The number of fused-ring (bicyclic) bond motifs is 2. The molecule has 7 heteroatoms. The maximum Gasteiger partial charge on any atom is 0.333 e. The maximum absolute atomic E-state index is 12.1. The van der Waals surface area contributed by atoms with Gasteiger partial charge in [0.05, 0.1) is 25.4 Å². The third-order valence-corrected chi connectivity index (χ3v) is 14.0. The minimum Gasteiger partial charge on any atom is -0.463 e. The van der Waals surface area contributed by atoms with Crippen molar-refractivity contribution in [3.63, 3.8) is 0 Å². The Hall–Kier alpha value is -0.993. The lowest BCUT2D eigenvalue weighted by atomic mass is 9.80. The van der Waals surface area contributed by atoms with Gasteiger partial charge in [-0.25, -0.2) is 4.79 Å². The second kappa shape index (κ2) is 11.0. The summed E-state index contributed by atoms with van der Waals surface area (Å²) in [6, 6.07) is 0. The number of ether oxygens (including phenoxy) is 3. The van der Waals surface area contributed by atoms with Crippen molar-refractivity contribution in [1.29, 1.82) is 0 Å². The van der Waals surface area contributed by atoms with Crippen LogP contribution in [0.1, 0.15) is 76.2 Å². The van der Waals surface area contributed by atoms with E-state index in [-0.39, 0.29) is 36.6 Å². The second-order valence-electron chi connectivity index (χ2n) is 11.3. The van der Waals surface area contributed by atoms with Crippen molar-refractivity contribution in [2.75, 3.05) is 13.2 Å². The van der Waals surface area contributed by atoms with E-state index in [0.717, 1.165) is 0 Å². The van der Waals surface area contributed by atoms with Gasteiger partial charge < -0.3 is 23.7 Å². The molecule has 2 aliphatic heterocycles. The third-order valence-electron chi connectivity index (χ3n) is 7.98. The van der Waals surface area contributed by atoms with Crippen LogP contribution in [0.2, 0.25) is 16.6 Å². The number of carbonyl (C=O) groups excluding carboxylic acids is 1. The van der Waals surface area contributed by atoms with Crippen molar-refractivity contribution >= 4 is 14.3 Å². The molecular weight excluding hydrogens is 448 g/mol. The van der Waals surface area contributed by atoms with E-state index in [1.165, 1.54) is 0 Å². The zero-order valence-corrected chi connectivity index (χ0v) is 24.2. The Morgan fingerprint density at radius 2 is 1.68 bits per heavy atom. The van der Waals surface area contributed by atoms with E-state index in [0.29, 0.717) is 28.8 Å². The summed E-state index contributed by atoms with van der Waals surface area (Å²) >= 11 is 0. The van der Waals surface area contributed by atoms with Gasteiger partial charge in [-0.2, -0.15) is 0 Å². The summed E-state index contributed by atoms with van der Waals surface area (Å²) < 4.78 is 24.8. The average Bonchev–Trinajstić information content (AvgIpc) is 2.73. The minimum atomic E-state index is -2.19. The first-order chi connectivity index (χ1) is 15.6. The molecule has 2 rings (SSSR count). The van der Waals surface area contributed by atoms with Crippen LogP contribution in [-0.4, -0.2) is 56.2 Å². The second-order valence-corrected chi connectivity index (χ2v) is 16.7. The van der Waals surface area contributed by atoms with Crippen LogP contribution < -0.4 is 0 Å². The smallest absolute Gasteiger partial charge is 0.333 e. The summed E-state index contributed by atoms with van der Waals surface area (Å²) in [6.45, 7) is 23.3. The number of rotatable bonds is 10. The molecule has 0 aliphatic carbocycles. The number of hydrogen-bond acceptors (Lipinski definition) is 6. The minimum absolute atomic E-state index is 0.0477. The molecule has 0 amide bonds. The van der Waals surface area contributed by atoms with Gasteiger partial charge in [0.15, 0.2) is 13.9 Å². The Balaban J connectivity index is 2.32. The molecule has 1 saturated heterocycles. The molecule has 1 fully saturated rings. The Kier molecular flexibility index (Phi) is 9.42. The summed E-state index contributed by atoms with van der Waals surface area (Å²) in [4.78, 5) is 12.1. The normalized spacial score (nSPS) is 33.0. The molecule has 2 heterocycles. The van der Waals surface area contributed by atoms with E-state index < -0.39 is 19.7 Å². The summed E-state index contributed by atoms with van der Waals surface area (Å²) in [7, 11) is -2.19. The summed E-state index contributed by atoms with van der Waals surface area (Å²) in [5.74, 6) is -1.60. The fourth-order valence-corrected chi connectivity index (χ4v) is 11.5. The van der Waals surface area contributed by atoms with Gasteiger partial charge in [-0.1, -0.05) is 67.5 Å². The quantitative estimate of drug-likeness (QED) is 0.179. The summed E-state index contributed by atoms with van der Waals surface area (Å²) in [5.41, 5.74) is 0.351. The van der Waals surface area contributed by atoms with Crippen molar-refractivity contribution in [3.05, 3.63) is 23.8 Å². The Morgan fingerprint density at radius 1 is 1.12 bits per heavy atom. The zero-order valence-electron chi connectivity index (χ0n) is 23.2. The van der Waals surface area contributed by atoms with Crippen LogP contribution in [0.3, 0.4) is 0 Å². The summed E-state index contributed by atoms with van der Waals surface area (Å²) in [5, 5.41) is 11.8. The van der Waals surface area contributed by atoms with Gasteiger partial charge in [0.25, 0.3) is 0 Å². The number of hydrogen-bond donors (Lipinski definition) is 1. The molecule has 2 bridgehead atoms. The average molecular weight is 497 g/mol. The molecule has 0 saturated carbocycles. The van der Waals surface area contributed by atoms with E-state index in [4.69, 9.17) is 18.6 Å². The lowest BCUT2D eigenvalue weighted by molar-refractivity contribution is -0.380. The van der Waals surface area contributed by atoms with Gasteiger partial charge in [0, 0.05) is 17.4 Å². The zero-order chi connectivity index (χ0) is 26.1. The van der Waals surface area contributed by atoms with Crippen molar-refractivity contribution in [3.8, 4) is 0 Å². The Morgan fingerprint density at radius 3 is 2.18 bits per heavy atom. The Bertz CT molecular complexity index is 753.